The van der Waals surface area contributed by atoms with Crippen molar-refractivity contribution in [3.8, 4) is 17.4 Å². The summed E-state index contributed by atoms with van der Waals surface area (Å²) in [5, 5.41) is 13.1. The molecule has 0 aliphatic rings. The Labute approximate surface area is 179 Å². The van der Waals surface area contributed by atoms with Crippen molar-refractivity contribution in [3.05, 3.63) is 81.5 Å². The van der Waals surface area contributed by atoms with Gasteiger partial charge in [0.25, 0.3) is 5.91 Å². The van der Waals surface area contributed by atoms with Gasteiger partial charge >= 0.3 is 0 Å². The molecule has 1 heterocycles. The molecule has 1 aromatic heterocycles. The molecule has 4 nitrogen and oxygen atoms in total. The molecule has 0 bridgehead atoms. The van der Waals surface area contributed by atoms with Gasteiger partial charge in [0.15, 0.2) is 0 Å². The monoisotopic (exact) mass is 424 g/mol. The van der Waals surface area contributed by atoms with Crippen LogP contribution in [0.25, 0.3) is 17.4 Å². The number of nitriles is 1. The highest BCUT2D eigenvalue weighted by atomic mass is 35.5. The van der Waals surface area contributed by atoms with Gasteiger partial charge in [-0.15, -0.1) is 0 Å². The molecule has 0 fully saturated rings. The van der Waals surface area contributed by atoms with Crippen LogP contribution in [0.1, 0.15) is 31.1 Å². The number of hydrogen-bond acceptors (Lipinski definition) is 3. The average molecular weight is 425 g/mol. The first-order chi connectivity index (χ1) is 13.9. The van der Waals surface area contributed by atoms with Crippen LogP contribution in [0.4, 0.5) is 5.69 Å². The van der Waals surface area contributed by atoms with Crippen molar-refractivity contribution in [2.45, 2.75) is 19.8 Å². The fraction of sp³-hybridized carbons (Fsp3) is 0.130. The number of rotatable bonds is 5. The van der Waals surface area contributed by atoms with Crippen LogP contribution in [-0.4, -0.2) is 5.91 Å². The number of nitrogens with one attached hydrogen (secondary N) is 1. The van der Waals surface area contributed by atoms with Crippen molar-refractivity contribution in [3.63, 3.8) is 0 Å². The molecule has 0 saturated carbocycles. The van der Waals surface area contributed by atoms with Crippen molar-refractivity contribution < 1.29 is 9.21 Å². The normalized spacial score (nSPS) is 11.4. The van der Waals surface area contributed by atoms with E-state index in [9.17, 15) is 10.1 Å². The molecule has 0 saturated heterocycles. The lowest BCUT2D eigenvalue weighted by atomic mass is 10.0. The van der Waals surface area contributed by atoms with Crippen LogP contribution < -0.4 is 5.32 Å². The molecule has 3 aromatic rings. The van der Waals surface area contributed by atoms with E-state index in [-0.39, 0.29) is 5.57 Å². The first-order valence-electron chi connectivity index (χ1n) is 8.95. The van der Waals surface area contributed by atoms with E-state index in [0.717, 1.165) is 0 Å². The van der Waals surface area contributed by atoms with E-state index >= 15 is 0 Å². The minimum Gasteiger partial charge on any atom is -0.457 e. The summed E-state index contributed by atoms with van der Waals surface area (Å²) in [6.07, 6.45) is 1.39. The van der Waals surface area contributed by atoms with Crippen LogP contribution in [0.2, 0.25) is 10.0 Å². The Morgan fingerprint density at radius 2 is 1.83 bits per heavy atom. The van der Waals surface area contributed by atoms with Gasteiger partial charge in [-0.1, -0.05) is 49.2 Å². The minimum atomic E-state index is -0.507. The van der Waals surface area contributed by atoms with Gasteiger partial charge < -0.3 is 9.73 Å². The third-order valence-electron chi connectivity index (χ3n) is 4.31. The molecule has 6 heteroatoms. The summed E-state index contributed by atoms with van der Waals surface area (Å²) < 4.78 is 5.73. The zero-order chi connectivity index (χ0) is 21.0. The lowest BCUT2D eigenvalue weighted by Crippen LogP contribution is -2.13. The maximum absolute atomic E-state index is 12.5. The summed E-state index contributed by atoms with van der Waals surface area (Å²) in [6, 6.07) is 17.9. The zero-order valence-electron chi connectivity index (χ0n) is 15.9. The molecule has 0 atom stereocenters. The summed E-state index contributed by atoms with van der Waals surface area (Å²) in [5.74, 6) is 0.775. The molecule has 0 spiro atoms. The number of carbonyl (C=O) groups excluding carboxylic acids is 1. The van der Waals surface area contributed by atoms with Crippen LogP contribution in [0.3, 0.4) is 0 Å². The highest BCUT2D eigenvalue weighted by Crippen LogP contribution is 2.32. The first kappa shape index (κ1) is 20.7. The number of hydrogen-bond donors (Lipinski definition) is 1. The van der Waals surface area contributed by atoms with Crippen molar-refractivity contribution in [2.75, 3.05) is 5.32 Å². The van der Waals surface area contributed by atoms with Gasteiger partial charge in [0.2, 0.25) is 0 Å². The van der Waals surface area contributed by atoms with Crippen molar-refractivity contribution in [1.29, 1.82) is 5.26 Å². The summed E-state index contributed by atoms with van der Waals surface area (Å²) in [4.78, 5) is 12.5. The molecule has 0 aliphatic heterocycles. The lowest BCUT2D eigenvalue weighted by molar-refractivity contribution is -0.112. The smallest absolute Gasteiger partial charge is 0.266 e. The average Bonchev–Trinajstić information content (AvgIpc) is 3.14. The Hall–Kier alpha value is -3.00. The number of halogens is 2. The Bertz CT molecular complexity index is 1110. The van der Waals surface area contributed by atoms with E-state index in [2.05, 4.69) is 19.2 Å². The number of carbonyl (C=O) groups is 1. The van der Waals surface area contributed by atoms with Crippen LogP contribution >= 0.6 is 23.2 Å². The maximum atomic E-state index is 12.5. The second-order valence-electron chi connectivity index (χ2n) is 6.73. The van der Waals surface area contributed by atoms with Crippen LogP contribution in [0, 0.1) is 11.3 Å². The number of amides is 1. The molecule has 29 heavy (non-hydrogen) atoms. The highest BCUT2D eigenvalue weighted by Gasteiger charge is 2.13. The quantitative estimate of drug-likeness (QED) is 0.356. The topological polar surface area (TPSA) is 66.0 Å². The van der Waals surface area contributed by atoms with Gasteiger partial charge in [-0.2, -0.15) is 5.26 Å². The lowest BCUT2D eigenvalue weighted by Gasteiger charge is -2.08. The van der Waals surface area contributed by atoms with Gasteiger partial charge in [-0.05, 0) is 53.9 Å². The van der Waals surface area contributed by atoms with Crippen LogP contribution in [0.5, 0.6) is 0 Å². The summed E-state index contributed by atoms with van der Waals surface area (Å²) in [7, 11) is 0. The minimum absolute atomic E-state index is 0.0685. The third kappa shape index (κ3) is 5.08. The molecule has 146 valence electrons. The van der Waals surface area contributed by atoms with Gasteiger partial charge in [0.1, 0.15) is 23.2 Å². The Balaban J connectivity index is 1.78. The molecular formula is C23H18Cl2N2O2. The number of anilines is 1. The predicted molar refractivity (Wildman–Crippen MR) is 117 cm³/mol. The third-order valence-corrected chi connectivity index (χ3v) is 4.86. The summed E-state index contributed by atoms with van der Waals surface area (Å²) >= 11 is 12.1. The molecule has 3 rings (SSSR count). The largest absolute Gasteiger partial charge is 0.457 e. The molecule has 0 unspecified atom stereocenters. The SMILES string of the molecule is CC(C)c1ccc(NC(=O)/C(C#N)=C/c2ccc(-c3ccc(Cl)cc3Cl)o2)cc1. The number of furan rings is 1. The predicted octanol–water partition coefficient (Wildman–Crippen LogP) is 6.92. The van der Waals surface area contributed by atoms with Crippen molar-refractivity contribution >= 4 is 40.9 Å². The number of nitrogens with zero attached hydrogens (tertiary/aromatic N) is 1. The van der Waals surface area contributed by atoms with E-state index in [0.29, 0.717) is 38.7 Å². The van der Waals surface area contributed by atoms with Gasteiger partial charge in [0, 0.05) is 22.3 Å². The molecule has 0 radical (unpaired) electrons. The van der Waals surface area contributed by atoms with Crippen molar-refractivity contribution in [1.82, 2.24) is 0 Å². The Morgan fingerprint density at radius 3 is 2.45 bits per heavy atom. The van der Waals surface area contributed by atoms with Gasteiger partial charge in [-0.25, -0.2) is 0 Å². The molecule has 0 aliphatic carbocycles. The van der Waals surface area contributed by atoms with Crippen LogP contribution in [-0.2, 0) is 4.79 Å². The first-order valence-corrected chi connectivity index (χ1v) is 9.71. The van der Waals surface area contributed by atoms with E-state index in [1.165, 1.54) is 11.6 Å². The van der Waals surface area contributed by atoms with E-state index < -0.39 is 5.91 Å². The molecule has 1 amide bonds. The Morgan fingerprint density at radius 1 is 1.10 bits per heavy atom. The zero-order valence-corrected chi connectivity index (χ0v) is 17.4. The molecular weight excluding hydrogens is 407 g/mol. The second kappa shape index (κ2) is 9.00. The van der Waals surface area contributed by atoms with Crippen LogP contribution in [0.15, 0.2) is 64.6 Å². The Kier molecular flexibility index (Phi) is 6.43. The fourth-order valence-electron chi connectivity index (χ4n) is 2.71. The van der Waals surface area contributed by atoms with E-state index in [1.807, 2.05) is 30.3 Å². The van der Waals surface area contributed by atoms with E-state index in [1.54, 1.807) is 30.3 Å². The van der Waals surface area contributed by atoms with Gasteiger partial charge in [0.05, 0.1) is 5.02 Å². The second-order valence-corrected chi connectivity index (χ2v) is 7.57. The summed E-state index contributed by atoms with van der Waals surface area (Å²) in [6.45, 7) is 4.19. The van der Waals surface area contributed by atoms with Crippen molar-refractivity contribution in [2.24, 2.45) is 0 Å². The molecule has 1 N–H and O–H groups in total. The highest BCUT2D eigenvalue weighted by molar-refractivity contribution is 6.36. The fourth-order valence-corrected chi connectivity index (χ4v) is 3.21. The standard InChI is InChI=1S/C23H18Cl2N2O2/c1-14(2)15-3-6-18(7-4-15)27-23(28)16(13-26)11-19-8-10-22(29-19)20-9-5-17(24)12-21(20)25/h3-12,14H,1-2H3,(H,27,28)/b16-11+. The molecule has 2 aromatic carbocycles. The van der Waals surface area contributed by atoms with Gasteiger partial charge in [-0.3, -0.25) is 4.79 Å². The van der Waals surface area contributed by atoms with E-state index in [4.69, 9.17) is 27.6 Å². The number of benzene rings is 2. The maximum Gasteiger partial charge on any atom is 0.266 e. The summed E-state index contributed by atoms with van der Waals surface area (Å²) in [5.41, 5.74) is 2.39.